The number of carbonyl (C=O) groups excluding carboxylic acids is 1. The van der Waals surface area contributed by atoms with Gasteiger partial charge in [0.15, 0.2) is 5.75 Å². The maximum absolute atomic E-state index is 13.3. The lowest BCUT2D eigenvalue weighted by molar-refractivity contribution is -0.138. The SMILES string of the molecule is CC.Cc1nc(F)ccc1Oc1ncc(C(F)(F)F)c(C)c1C(=O)Nc1ccccc1.[HH]. The number of amides is 1. The van der Waals surface area contributed by atoms with Gasteiger partial charge in [-0.05, 0) is 43.7 Å². The Kier molecular flexibility index (Phi) is 7.68. The number of pyridine rings is 2. The minimum Gasteiger partial charge on any atom is -0.436 e. The van der Waals surface area contributed by atoms with Gasteiger partial charge in [0, 0.05) is 13.3 Å². The van der Waals surface area contributed by atoms with E-state index in [0.717, 1.165) is 13.0 Å². The van der Waals surface area contributed by atoms with Gasteiger partial charge >= 0.3 is 6.18 Å². The zero-order chi connectivity index (χ0) is 23.2. The molecular weight excluding hydrogens is 414 g/mol. The predicted molar refractivity (Wildman–Crippen MR) is 111 cm³/mol. The monoisotopic (exact) mass is 437 g/mol. The van der Waals surface area contributed by atoms with E-state index in [2.05, 4.69) is 15.3 Å². The van der Waals surface area contributed by atoms with Gasteiger partial charge in [-0.15, -0.1) is 0 Å². The van der Waals surface area contributed by atoms with E-state index in [4.69, 9.17) is 4.74 Å². The van der Waals surface area contributed by atoms with Gasteiger partial charge in [-0.1, -0.05) is 32.0 Å². The van der Waals surface area contributed by atoms with E-state index in [9.17, 15) is 22.4 Å². The van der Waals surface area contributed by atoms with Crippen LogP contribution >= 0.6 is 0 Å². The Bertz CT molecular complexity index is 1060. The third kappa shape index (κ3) is 5.78. The number of hydrogen-bond donors (Lipinski definition) is 1. The second-order valence-corrected chi connectivity index (χ2v) is 6.11. The van der Waals surface area contributed by atoms with Gasteiger partial charge in [0.1, 0.15) is 5.56 Å². The summed E-state index contributed by atoms with van der Waals surface area (Å²) >= 11 is 0. The molecule has 31 heavy (non-hydrogen) atoms. The number of nitrogens with zero attached hydrogens (tertiary/aromatic N) is 2. The van der Waals surface area contributed by atoms with Crippen molar-refractivity contribution in [3.8, 4) is 11.6 Å². The number of nitrogens with one attached hydrogen (secondary N) is 1. The smallest absolute Gasteiger partial charge is 0.418 e. The number of ether oxygens (including phenoxy) is 1. The summed E-state index contributed by atoms with van der Waals surface area (Å²) in [5.41, 5.74) is -1.24. The molecule has 0 saturated carbocycles. The molecule has 3 aromatic rings. The number of rotatable bonds is 4. The van der Waals surface area contributed by atoms with Crippen LogP contribution in [0.4, 0.5) is 23.2 Å². The highest BCUT2D eigenvalue weighted by Crippen LogP contribution is 2.36. The van der Waals surface area contributed by atoms with Gasteiger partial charge in [0.25, 0.3) is 5.91 Å². The van der Waals surface area contributed by atoms with Crippen LogP contribution in [0.25, 0.3) is 0 Å². The quantitative estimate of drug-likeness (QED) is 0.370. The summed E-state index contributed by atoms with van der Waals surface area (Å²) < 4.78 is 58.7. The van der Waals surface area contributed by atoms with Crippen molar-refractivity contribution in [2.75, 3.05) is 5.32 Å². The van der Waals surface area contributed by atoms with Gasteiger partial charge in [-0.3, -0.25) is 4.79 Å². The standard InChI is InChI=1S/C20H15F4N3O2.C2H6.H2/c1-11-14(20(22,23)24)10-25-19(29-15-8-9-16(21)26-12(15)2)17(11)18(28)27-13-6-4-3-5-7-13;1-2;/h3-10H,1-2H3,(H,27,28);1-2H3;1H. The van der Waals surface area contributed by atoms with Crippen LogP contribution in [0.5, 0.6) is 11.6 Å². The summed E-state index contributed by atoms with van der Waals surface area (Å²) in [6.07, 6.45) is -4.11. The molecule has 0 aliphatic rings. The van der Waals surface area contributed by atoms with Crippen molar-refractivity contribution in [1.29, 1.82) is 0 Å². The number of hydrogen-bond acceptors (Lipinski definition) is 4. The summed E-state index contributed by atoms with van der Waals surface area (Å²) in [7, 11) is 0. The van der Waals surface area contributed by atoms with E-state index >= 15 is 0 Å². The molecule has 9 heteroatoms. The predicted octanol–water partition coefficient (Wildman–Crippen LogP) is 6.57. The molecule has 2 aromatic heterocycles. The molecule has 166 valence electrons. The molecular formula is C22H23F4N3O2. The van der Waals surface area contributed by atoms with Crippen molar-refractivity contribution in [1.82, 2.24) is 9.97 Å². The molecule has 3 rings (SSSR count). The van der Waals surface area contributed by atoms with E-state index in [1.54, 1.807) is 30.3 Å². The number of para-hydroxylation sites is 1. The fourth-order valence-electron chi connectivity index (χ4n) is 2.65. The number of aromatic nitrogens is 2. The lowest BCUT2D eigenvalue weighted by Gasteiger charge is -2.17. The molecule has 0 unspecified atom stereocenters. The second-order valence-electron chi connectivity index (χ2n) is 6.11. The minimum absolute atomic E-state index is 0. The molecule has 1 amide bonds. The molecule has 0 saturated heterocycles. The van der Waals surface area contributed by atoms with E-state index in [1.807, 2.05) is 13.8 Å². The van der Waals surface area contributed by atoms with Crippen LogP contribution in [0.1, 0.15) is 42.5 Å². The average molecular weight is 437 g/mol. The van der Waals surface area contributed by atoms with Crippen molar-refractivity contribution < 1.29 is 28.5 Å². The molecule has 1 N–H and O–H groups in total. The third-order valence-corrected chi connectivity index (χ3v) is 4.08. The van der Waals surface area contributed by atoms with Crippen LogP contribution in [-0.2, 0) is 6.18 Å². The van der Waals surface area contributed by atoms with Crippen LogP contribution in [0.15, 0.2) is 48.7 Å². The Hall–Kier alpha value is -3.49. The first kappa shape index (κ1) is 23.8. The molecule has 1 aromatic carbocycles. The molecule has 0 fully saturated rings. The van der Waals surface area contributed by atoms with E-state index in [-0.39, 0.29) is 29.9 Å². The van der Waals surface area contributed by atoms with Gasteiger partial charge in [0.05, 0.1) is 11.3 Å². The largest absolute Gasteiger partial charge is 0.436 e. The Morgan fingerprint density at radius 3 is 2.29 bits per heavy atom. The Morgan fingerprint density at radius 2 is 1.71 bits per heavy atom. The van der Waals surface area contributed by atoms with Crippen LogP contribution in [0.2, 0.25) is 0 Å². The van der Waals surface area contributed by atoms with Crippen molar-refractivity contribution >= 4 is 11.6 Å². The average Bonchev–Trinajstić information content (AvgIpc) is 2.71. The summed E-state index contributed by atoms with van der Waals surface area (Å²) in [4.78, 5) is 20.1. The topological polar surface area (TPSA) is 64.1 Å². The number of aryl methyl sites for hydroxylation is 1. The first-order valence-corrected chi connectivity index (χ1v) is 9.41. The summed E-state index contributed by atoms with van der Waals surface area (Å²) in [6.45, 7) is 6.62. The fourth-order valence-corrected chi connectivity index (χ4v) is 2.65. The van der Waals surface area contributed by atoms with Crippen molar-refractivity contribution in [2.24, 2.45) is 0 Å². The molecule has 0 aliphatic heterocycles. The van der Waals surface area contributed by atoms with E-state index in [0.29, 0.717) is 11.9 Å². The Balaban J connectivity index is 0.00000166. The molecule has 0 bridgehead atoms. The number of carbonyl (C=O) groups is 1. The summed E-state index contributed by atoms with van der Waals surface area (Å²) in [6, 6.07) is 10.5. The minimum atomic E-state index is -4.70. The zero-order valence-electron chi connectivity index (χ0n) is 17.3. The molecule has 0 radical (unpaired) electrons. The highest BCUT2D eigenvalue weighted by Gasteiger charge is 2.36. The first-order chi connectivity index (χ1) is 14.7. The van der Waals surface area contributed by atoms with Gasteiger partial charge in [-0.2, -0.15) is 17.6 Å². The maximum Gasteiger partial charge on any atom is 0.418 e. The zero-order valence-corrected chi connectivity index (χ0v) is 17.3. The summed E-state index contributed by atoms with van der Waals surface area (Å²) in [5, 5.41) is 2.53. The third-order valence-electron chi connectivity index (χ3n) is 4.08. The fraction of sp³-hybridized carbons (Fsp3) is 0.227. The normalized spacial score (nSPS) is 10.7. The Morgan fingerprint density at radius 1 is 1.06 bits per heavy atom. The first-order valence-electron chi connectivity index (χ1n) is 9.41. The lowest BCUT2D eigenvalue weighted by atomic mass is 10.0. The van der Waals surface area contributed by atoms with Crippen LogP contribution in [-0.4, -0.2) is 15.9 Å². The second kappa shape index (κ2) is 10.0. The maximum atomic E-state index is 13.3. The number of benzene rings is 1. The van der Waals surface area contributed by atoms with Crippen molar-refractivity contribution in [2.45, 2.75) is 33.9 Å². The van der Waals surface area contributed by atoms with Crippen LogP contribution in [0.3, 0.4) is 0 Å². The number of alkyl halides is 3. The van der Waals surface area contributed by atoms with Crippen LogP contribution in [0, 0.1) is 19.8 Å². The van der Waals surface area contributed by atoms with Gasteiger partial charge < -0.3 is 10.1 Å². The van der Waals surface area contributed by atoms with Crippen LogP contribution < -0.4 is 10.1 Å². The van der Waals surface area contributed by atoms with Crippen molar-refractivity contribution in [3.05, 3.63) is 77.0 Å². The summed E-state index contributed by atoms with van der Waals surface area (Å²) in [5.74, 6) is -1.85. The lowest BCUT2D eigenvalue weighted by Crippen LogP contribution is -2.19. The molecule has 5 nitrogen and oxygen atoms in total. The number of anilines is 1. The highest BCUT2D eigenvalue weighted by atomic mass is 19.4. The molecule has 0 atom stereocenters. The molecule has 0 aliphatic carbocycles. The van der Waals surface area contributed by atoms with E-state index < -0.39 is 23.6 Å². The van der Waals surface area contributed by atoms with E-state index in [1.165, 1.54) is 13.0 Å². The van der Waals surface area contributed by atoms with Crippen molar-refractivity contribution in [3.63, 3.8) is 0 Å². The number of halogens is 4. The van der Waals surface area contributed by atoms with Gasteiger partial charge in [-0.25, -0.2) is 9.97 Å². The Labute approximate surface area is 178 Å². The van der Waals surface area contributed by atoms with Gasteiger partial charge in [0.2, 0.25) is 11.8 Å². The molecule has 2 heterocycles. The molecule has 0 spiro atoms. The highest BCUT2D eigenvalue weighted by molar-refractivity contribution is 6.07.